The highest BCUT2D eigenvalue weighted by Gasteiger charge is 2.34. The van der Waals surface area contributed by atoms with E-state index in [2.05, 4.69) is 12.2 Å². The minimum absolute atomic E-state index is 0.0281. The normalized spacial score (nSPS) is 18.0. The molecule has 2 rings (SSSR count). The molecule has 0 spiro atoms. The van der Waals surface area contributed by atoms with Gasteiger partial charge in [-0.2, -0.15) is 4.31 Å². The number of sulfonamides is 1. The number of nitrogens with one attached hydrogen (secondary N) is 2. The predicted molar refractivity (Wildman–Crippen MR) is 98.0 cm³/mol. The molecule has 2 N–H and O–H groups in total. The molecular formula is C18H30N3O3S+. The molecule has 1 aliphatic rings. The Bertz CT molecular complexity index is 665. The molecule has 0 unspecified atom stereocenters. The molecule has 1 fully saturated rings. The molecular weight excluding hydrogens is 338 g/mol. The van der Waals surface area contributed by atoms with Gasteiger partial charge in [-0.1, -0.05) is 25.5 Å². The lowest BCUT2D eigenvalue weighted by Crippen LogP contribution is -3.19. The van der Waals surface area contributed by atoms with Gasteiger partial charge in [0.25, 0.3) is 5.91 Å². The van der Waals surface area contributed by atoms with Gasteiger partial charge in [0, 0.05) is 6.54 Å². The van der Waals surface area contributed by atoms with Crippen molar-refractivity contribution in [3.05, 3.63) is 29.8 Å². The molecule has 25 heavy (non-hydrogen) atoms. The van der Waals surface area contributed by atoms with Crippen molar-refractivity contribution in [3.63, 3.8) is 0 Å². The third kappa shape index (κ3) is 4.80. The summed E-state index contributed by atoms with van der Waals surface area (Å²) >= 11 is 0. The number of carbonyl (C=O) groups is 1. The van der Waals surface area contributed by atoms with Crippen LogP contribution in [0.25, 0.3) is 0 Å². The number of hydrogen-bond acceptors (Lipinski definition) is 3. The molecule has 0 saturated carbocycles. The summed E-state index contributed by atoms with van der Waals surface area (Å²) in [6, 6.07) is 7.05. The molecule has 1 aliphatic heterocycles. The summed E-state index contributed by atoms with van der Waals surface area (Å²) < 4.78 is 27.2. The highest BCUT2D eigenvalue weighted by molar-refractivity contribution is 7.89. The van der Waals surface area contributed by atoms with E-state index >= 15 is 0 Å². The molecule has 0 bridgehead atoms. The van der Waals surface area contributed by atoms with Crippen LogP contribution >= 0.6 is 0 Å². The Labute approximate surface area is 151 Å². The Morgan fingerprint density at radius 2 is 1.80 bits per heavy atom. The molecule has 6 nitrogen and oxygen atoms in total. The van der Waals surface area contributed by atoms with Crippen molar-refractivity contribution >= 4 is 15.9 Å². The summed E-state index contributed by atoms with van der Waals surface area (Å²) in [5.74, 6) is 0.0281. The van der Waals surface area contributed by atoms with E-state index in [4.69, 9.17) is 0 Å². The number of nitrogens with zero attached hydrogens (tertiary/aromatic N) is 1. The van der Waals surface area contributed by atoms with Gasteiger partial charge in [0.1, 0.15) is 0 Å². The third-order valence-corrected chi connectivity index (χ3v) is 6.73. The Hall–Kier alpha value is -1.44. The van der Waals surface area contributed by atoms with E-state index in [0.29, 0.717) is 37.6 Å². The number of hydrogen-bond donors (Lipinski definition) is 2. The zero-order chi connectivity index (χ0) is 18.4. The van der Waals surface area contributed by atoms with Gasteiger partial charge in [0.05, 0.1) is 31.1 Å². The number of quaternary nitrogens is 1. The van der Waals surface area contributed by atoms with Crippen molar-refractivity contribution in [3.8, 4) is 0 Å². The number of carbonyl (C=O) groups excluding carboxylic acids is 1. The first-order valence-electron chi connectivity index (χ1n) is 9.11. The molecule has 1 atom stereocenters. The molecule has 1 aromatic rings. The molecule has 1 aromatic carbocycles. The van der Waals surface area contributed by atoms with Crippen LogP contribution < -0.4 is 10.2 Å². The van der Waals surface area contributed by atoms with Crippen LogP contribution in [0.4, 0.5) is 0 Å². The van der Waals surface area contributed by atoms with Gasteiger partial charge in [-0.15, -0.1) is 0 Å². The van der Waals surface area contributed by atoms with Crippen LogP contribution in [0.15, 0.2) is 29.2 Å². The third-order valence-electron chi connectivity index (χ3n) is 4.82. The van der Waals surface area contributed by atoms with Crippen molar-refractivity contribution in [2.45, 2.75) is 44.6 Å². The average molecular weight is 369 g/mol. The van der Waals surface area contributed by atoms with Gasteiger partial charge in [-0.25, -0.2) is 8.42 Å². The number of likely N-dealkylation sites (N-methyl/N-ethyl adjacent to an activating group) is 1. The van der Waals surface area contributed by atoms with Gasteiger partial charge < -0.3 is 10.2 Å². The number of amides is 1. The lowest BCUT2D eigenvalue weighted by Gasteiger charge is -2.34. The van der Waals surface area contributed by atoms with Crippen LogP contribution in [0.5, 0.6) is 0 Å². The van der Waals surface area contributed by atoms with Gasteiger partial charge in [0.2, 0.25) is 10.0 Å². The summed E-state index contributed by atoms with van der Waals surface area (Å²) in [6.07, 6.45) is 2.00. The molecule has 1 amide bonds. The lowest BCUT2D eigenvalue weighted by atomic mass is 10.1. The second-order valence-electron chi connectivity index (χ2n) is 6.57. The fraction of sp³-hybridized carbons (Fsp3) is 0.611. The van der Waals surface area contributed by atoms with Crippen LogP contribution in [0.1, 0.15) is 32.8 Å². The smallest absolute Gasteiger partial charge is 0.278 e. The predicted octanol–water partition coefficient (Wildman–Crippen LogP) is 0.0529. The SMILES string of the molecule is CCCc1ccc(S(=O)(=O)N2CC[NH+]([C@H](C)C(=O)NCC)CC2)cc1. The summed E-state index contributed by atoms with van der Waals surface area (Å²) in [5, 5.41) is 2.83. The van der Waals surface area contributed by atoms with Gasteiger partial charge in [-0.3, -0.25) is 4.79 Å². The molecule has 140 valence electrons. The fourth-order valence-corrected chi connectivity index (χ4v) is 4.67. The quantitative estimate of drug-likeness (QED) is 0.715. The van der Waals surface area contributed by atoms with Crippen molar-refractivity contribution in [2.24, 2.45) is 0 Å². The van der Waals surface area contributed by atoms with E-state index in [-0.39, 0.29) is 11.9 Å². The number of aryl methyl sites for hydroxylation is 1. The molecule has 7 heteroatoms. The van der Waals surface area contributed by atoms with Crippen LogP contribution in [0, 0.1) is 0 Å². The highest BCUT2D eigenvalue weighted by atomic mass is 32.2. The average Bonchev–Trinajstić information content (AvgIpc) is 2.62. The zero-order valence-electron chi connectivity index (χ0n) is 15.4. The topological polar surface area (TPSA) is 70.9 Å². The summed E-state index contributed by atoms with van der Waals surface area (Å²) in [4.78, 5) is 13.5. The van der Waals surface area contributed by atoms with Crippen LogP contribution in [-0.2, 0) is 21.2 Å². The van der Waals surface area contributed by atoms with E-state index in [1.165, 1.54) is 4.31 Å². The first kappa shape index (κ1) is 19.9. The number of rotatable bonds is 7. The molecule has 0 aromatic heterocycles. The Morgan fingerprint density at radius 1 is 1.20 bits per heavy atom. The second kappa shape index (κ2) is 8.78. The summed E-state index contributed by atoms with van der Waals surface area (Å²) in [6.45, 7) is 8.69. The lowest BCUT2D eigenvalue weighted by molar-refractivity contribution is -0.917. The second-order valence-corrected chi connectivity index (χ2v) is 8.51. The van der Waals surface area contributed by atoms with Gasteiger partial charge in [0.15, 0.2) is 6.04 Å². The Kier molecular flexibility index (Phi) is 6.98. The monoisotopic (exact) mass is 368 g/mol. The van der Waals surface area contributed by atoms with E-state index in [0.717, 1.165) is 23.3 Å². The maximum absolute atomic E-state index is 12.8. The van der Waals surface area contributed by atoms with Crippen LogP contribution in [-0.4, -0.2) is 57.4 Å². The summed E-state index contributed by atoms with van der Waals surface area (Å²) in [5.41, 5.74) is 1.16. The molecule has 1 heterocycles. The standard InChI is InChI=1S/C18H29N3O3S/c1-4-6-16-7-9-17(10-8-16)25(23,24)21-13-11-20(12-14-21)15(3)18(22)19-5-2/h7-10,15H,4-6,11-14H2,1-3H3,(H,19,22)/p+1/t15-/m1/s1. The molecule has 0 aliphatic carbocycles. The van der Waals surface area contributed by atoms with E-state index < -0.39 is 10.0 Å². The van der Waals surface area contributed by atoms with Crippen molar-refractivity contribution in [2.75, 3.05) is 32.7 Å². The van der Waals surface area contributed by atoms with Gasteiger partial charge in [-0.05, 0) is 38.0 Å². The van der Waals surface area contributed by atoms with Crippen molar-refractivity contribution in [1.82, 2.24) is 9.62 Å². The van der Waals surface area contributed by atoms with E-state index in [1.54, 1.807) is 12.1 Å². The maximum Gasteiger partial charge on any atom is 0.278 e. The molecule has 0 radical (unpaired) electrons. The Morgan fingerprint density at radius 3 is 2.32 bits per heavy atom. The fourth-order valence-electron chi connectivity index (χ4n) is 3.23. The van der Waals surface area contributed by atoms with E-state index in [9.17, 15) is 13.2 Å². The first-order valence-corrected chi connectivity index (χ1v) is 10.6. The largest absolute Gasteiger partial charge is 0.351 e. The minimum atomic E-state index is -3.45. The van der Waals surface area contributed by atoms with Crippen molar-refractivity contribution < 1.29 is 18.1 Å². The molecule has 1 saturated heterocycles. The van der Waals surface area contributed by atoms with Gasteiger partial charge >= 0.3 is 0 Å². The summed E-state index contributed by atoms with van der Waals surface area (Å²) in [7, 11) is -3.45. The number of piperazine rings is 1. The van der Waals surface area contributed by atoms with Crippen molar-refractivity contribution in [1.29, 1.82) is 0 Å². The number of benzene rings is 1. The minimum Gasteiger partial charge on any atom is -0.351 e. The Balaban J connectivity index is 2.00. The first-order chi connectivity index (χ1) is 11.9. The zero-order valence-corrected chi connectivity index (χ0v) is 16.2. The highest BCUT2D eigenvalue weighted by Crippen LogP contribution is 2.17. The van der Waals surface area contributed by atoms with Crippen LogP contribution in [0.2, 0.25) is 0 Å². The van der Waals surface area contributed by atoms with Crippen LogP contribution in [0.3, 0.4) is 0 Å². The van der Waals surface area contributed by atoms with E-state index in [1.807, 2.05) is 26.0 Å². The maximum atomic E-state index is 12.8.